The van der Waals surface area contributed by atoms with Crippen molar-refractivity contribution in [2.24, 2.45) is 10.4 Å². The molecular formula is C11H18N2O. The fraction of sp³-hybridized carbons (Fsp3) is 0.636. The van der Waals surface area contributed by atoms with Gasteiger partial charge in [-0.25, -0.2) is 0 Å². The zero-order chi connectivity index (χ0) is 10.8. The molecule has 0 spiro atoms. The van der Waals surface area contributed by atoms with Crippen LogP contribution >= 0.6 is 0 Å². The van der Waals surface area contributed by atoms with Crippen LogP contribution in [-0.4, -0.2) is 24.2 Å². The Labute approximate surface area is 85.3 Å². The number of amides is 1. The number of nitrogens with zero attached hydrogens (tertiary/aromatic N) is 1. The summed E-state index contributed by atoms with van der Waals surface area (Å²) >= 11 is 0. The molecule has 0 aromatic carbocycles. The van der Waals surface area contributed by atoms with E-state index in [0.29, 0.717) is 0 Å². The molecule has 0 saturated heterocycles. The van der Waals surface area contributed by atoms with E-state index >= 15 is 0 Å². The fourth-order valence-corrected chi connectivity index (χ4v) is 1.15. The zero-order valence-electron chi connectivity index (χ0n) is 9.29. The molecular weight excluding hydrogens is 176 g/mol. The van der Waals surface area contributed by atoms with E-state index in [2.05, 4.69) is 10.3 Å². The van der Waals surface area contributed by atoms with Crippen LogP contribution in [0.3, 0.4) is 0 Å². The molecule has 0 aromatic rings. The summed E-state index contributed by atoms with van der Waals surface area (Å²) in [4.78, 5) is 15.9. The molecule has 0 bridgehead atoms. The Balaban J connectivity index is 2.53. The molecule has 1 unspecified atom stereocenters. The van der Waals surface area contributed by atoms with E-state index in [9.17, 15) is 4.79 Å². The second-order valence-corrected chi connectivity index (χ2v) is 4.61. The van der Waals surface area contributed by atoms with E-state index in [4.69, 9.17) is 0 Å². The molecule has 1 aliphatic heterocycles. The maximum atomic E-state index is 11.6. The van der Waals surface area contributed by atoms with Crippen LogP contribution in [0.1, 0.15) is 27.7 Å². The summed E-state index contributed by atoms with van der Waals surface area (Å²) in [5, 5.41) is 2.94. The van der Waals surface area contributed by atoms with E-state index in [1.807, 2.05) is 39.8 Å². The smallest absolute Gasteiger partial charge is 0.225 e. The first kappa shape index (κ1) is 11.0. The van der Waals surface area contributed by atoms with Crippen LogP contribution in [0.2, 0.25) is 0 Å². The molecule has 1 heterocycles. The lowest BCUT2D eigenvalue weighted by Crippen LogP contribution is -2.43. The highest BCUT2D eigenvalue weighted by molar-refractivity contribution is 6.02. The summed E-state index contributed by atoms with van der Waals surface area (Å²) in [7, 11) is 0. The van der Waals surface area contributed by atoms with Gasteiger partial charge in [-0.15, -0.1) is 0 Å². The molecule has 0 fully saturated rings. The Morgan fingerprint density at radius 3 is 2.64 bits per heavy atom. The molecule has 3 heteroatoms. The molecule has 0 radical (unpaired) electrons. The van der Waals surface area contributed by atoms with E-state index < -0.39 is 0 Å². The Bertz CT molecular complexity index is 284. The molecule has 78 valence electrons. The minimum Gasteiger partial charge on any atom is -0.348 e. The third-order valence-corrected chi connectivity index (χ3v) is 2.14. The van der Waals surface area contributed by atoms with Gasteiger partial charge in [0.25, 0.3) is 0 Å². The zero-order valence-corrected chi connectivity index (χ0v) is 9.29. The van der Waals surface area contributed by atoms with Crippen molar-refractivity contribution in [3.05, 3.63) is 12.2 Å². The molecule has 0 saturated carbocycles. The molecule has 1 atom stereocenters. The Morgan fingerprint density at radius 1 is 1.57 bits per heavy atom. The van der Waals surface area contributed by atoms with Gasteiger partial charge >= 0.3 is 0 Å². The van der Waals surface area contributed by atoms with Gasteiger partial charge in [0.15, 0.2) is 0 Å². The van der Waals surface area contributed by atoms with E-state index in [1.165, 1.54) is 0 Å². The predicted octanol–water partition coefficient (Wildman–Crippen LogP) is 1.55. The third-order valence-electron chi connectivity index (χ3n) is 2.14. The van der Waals surface area contributed by atoms with Crippen LogP contribution in [-0.2, 0) is 4.79 Å². The van der Waals surface area contributed by atoms with Crippen molar-refractivity contribution in [3.8, 4) is 0 Å². The summed E-state index contributed by atoms with van der Waals surface area (Å²) in [6, 6.07) is 0.0143. The first-order valence-electron chi connectivity index (χ1n) is 4.93. The van der Waals surface area contributed by atoms with Crippen LogP contribution in [0, 0.1) is 5.41 Å². The fourth-order valence-electron chi connectivity index (χ4n) is 1.15. The lowest BCUT2D eigenvalue weighted by molar-refractivity contribution is -0.128. The minimum atomic E-state index is -0.336. The van der Waals surface area contributed by atoms with Gasteiger partial charge < -0.3 is 5.32 Å². The topological polar surface area (TPSA) is 41.5 Å². The second kappa shape index (κ2) is 3.95. The monoisotopic (exact) mass is 194 g/mol. The Kier molecular flexibility index (Phi) is 3.09. The number of rotatable bonds is 2. The van der Waals surface area contributed by atoms with Crippen molar-refractivity contribution >= 4 is 11.6 Å². The first-order valence-corrected chi connectivity index (χ1v) is 4.93. The van der Waals surface area contributed by atoms with E-state index in [0.717, 1.165) is 12.3 Å². The minimum absolute atomic E-state index is 0.0143. The van der Waals surface area contributed by atoms with Gasteiger partial charge in [-0.3, -0.25) is 9.79 Å². The number of carbonyl (C=O) groups is 1. The van der Waals surface area contributed by atoms with Crippen LogP contribution < -0.4 is 5.32 Å². The molecule has 1 aliphatic rings. The van der Waals surface area contributed by atoms with Crippen molar-refractivity contribution in [2.45, 2.75) is 33.7 Å². The van der Waals surface area contributed by atoms with Crippen LogP contribution in [0.4, 0.5) is 0 Å². The highest BCUT2D eigenvalue weighted by atomic mass is 16.2. The highest BCUT2D eigenvalue weighted by Crippen LogP contribution is 2.13. The number of aliphatic imine (C=N–C) groups is 1. The van der Waals surface area contributed by atoms with Gasteiger partial charge in [0.1, 0.15) is 0 Å². The van der Waals surface area contributed by atoms with Crippen molar-refractivity contribution < 1.29 is 4.79 Å². The third kappa shape index (κ3) is 2.69. The normalized spacial score (nSPS) is 17.9. The molecule has 14 heavy (non-hydrogen) atoms. The average molecular weight is 194 g/mol. The Hall–Kier alpha value is -1.12. The van der Waals surface area contributed by atoms with Crippen molar-refractivity contribution in [1.29, 1.82) is 0 Å². The molecule has 1 N–H and O–H groups in total. The molecule has 0 aliphatic carbocycles. The average Bonchev–Trinajstić information content (AvgIpc) is 2.53. The molecule has 1 amide bonds. The standard InChI is InChI=1S/C11H18N2O/c1-8(9-6-5-7-12-9)13-10(14)11(2,3)4/h5-6,8H,7H2,1-4H3,(H,13,14). The second-order valence-electron chi connectivity index (χ2n) is 4.61. The van der Waals surface area contributed by atoms with Gasteiger partial charge in [0.2, 0.25) is 5.91 Å². The SMILES string of the molecule is CC(NC(=O)C(C)(C)C)C1=NCC=C1. The van der Waals surface area contributed by atoms with Crippen LogP contribution in [0.25, 0.3) is 0 Å². The number of nitrogens with one attached hydrogen (secondary N) is 1. The van der Waals surface area contributed by atoms with Gasteiger partial charge in [-0.2, -0.15) is 0 Å². The van der Waals surface area contributed by atoms with Gasteiger partial charge in [0, 0.05) is 5.41 Å². The van der Waals surface area contributed by atoms with Crippen LogP contribution in [0.5, 0.6) is 0 Å². The lowest BCUT2D eigenvalue weighted by atomic mass is 9.95. The predicted molar refractivity (Wildman–Crippen MR) is 58.5 cm³/mol. The summed E-state index contributed by atoms with van der Waals surface area (Å²) in [5.41, 5.74) is 0.625. The summed E-state index contributed by atoms with van der Waals surface area (Å²) in [6.07, 6.45) is 3.96. The maximum absolute atomic E-state index is 11.6. The van der Waals surface area contributed by atoms with E-state index in [1.54, 1.807) is 0 Å². The number of hydrogen-bond donors (Lipinski definition) is 1. The van der Waals surface area contributed by atoms with Gasteiger partial charge in [0.05, 0.1) is 18.3 Å². The van der Waals surface area contributed by atoms with Crippen molar-refractivity contribution in [1.82, 2.24) is 5.32 Å². The largest absolute Gasteiger partial charge is 0.348 e. The molecule has 0 aromatic heterocycles. The van der Waals surface area contributed by atoms with E-state index in [-0.39, 0.29) is 17.4 Å². The highest BCUT2D eigenvalue weighted by Gasteiger charge is 2.23. The quantitative estimate of drug-likeness (QED) is 0.712. The van der Waals surface area contributed by atoms with Crippen molar-refractivity contribution in [2.75, 3.05) is 6.54 Å². The lowest BCUT2D eigenvalue weighted by Gasteiger charge is -2.21. The summed E-state index contributed by atoms with van der Waals surface area (Å²) < 4.78 is 0. The first-order chi connectivity index (χ1) is 6.41. The Morgan fingerprint density at radius 2 is 2.21 bits per heavy atom. The van der Waals surface area contributed by atoms with Gasteiger partial charge in [-0.1, -0.05) is 26.8 Å². The van der Waals surface area contributed by atoms with Crippen molar-refractivity contribution in [3.63, 3.8) is 0 Å². The van der Waals surface area contributed by atoms with Crippen LogP contribution in [0.15, 0.2) is 17.1 Å². The summed E-state index contributed by atoms with van der Waals surface area (Å²) in [6.45, 7) is 8.41. The summed E-state index contributed by atoms with van der Waals surface area (Å²) in [5.74, 6) is 0.0630. The number of hydrogen-bond acceptors (Lipinski definition) is 2. The maximum Gasteiger partial charge on any atom is 0.225 e. The molecule has 1 rings (SSSR count). The van der Waals surface area contributed by atoms with Gasteiger partial charge in [-0.05, 0) is 13.0 Å². The number of carbonyl (C=O) groups excluding carboxylic acids is 1. The molecule has 3 nitrogen and oxygen atoms in total.